The van der Waals surface area contributed by atoms with Gasteiger partial charge in [0.2, 0.25) is 11.8 Å². The summed E-state index contributed by atoms with van der Waals surface area (Å²) in [6.07, 6.45) is 0. The van der Waals surface area contributed by atoms with Crippen molar-refractivity contribution in [2.45, 2.75) is 18.7 Å². The molecule has 0 bridgehead atoms. The second-order valence-electron chi connectivity index (χ2n) is 5.51. The van der Waals surface area contributed by atoms with Crippen LogP contribution in [-0.4, -0.2) is 30.7 Å². The van der Waals surface area contributed by atoms with Gasteiger partial charge in [-0.25, -0.2) is 0 Å². The fraction of sp³-hybridized carbons (Fsp3) is 0.263. The van der Waals surface area contributed by atoms with E-state index in [9.17, 15) is 9.59 Å². The number of amides is 2. The van der Waals surface area contributed by atoms with E-state index >= 15 is 0 Å². The summed E-state index contributed by atoms with van der Waals surface area (Å²) in [6.45, 7) is 4.38. The lowest BCUT2D eigenvalue weighted by Gasteiger charge is -2.08. The normalized spacial score (nSPS) is 10.2. The van der Waals surface area contributed by atoms with E-state index in [-0.39, 0.29) is 11.8 Å². The van der Waals surface area contributed by atoms with E-state index in [1.54, 1.807) is 0 Å². The van der Waals surface area contributed by atoms with Crippen LogP contribution >= 0.6 is 11.8 Å². The topological polar surface area (TPSA) is 67.4 Å². The van der Waals surface area contributed by atoms with Gasteiger partial charge in [-0.1, -0.05) is 12.1 Å². The van der Waals surface area contributed by atoms with E-state index in [0.717, 1.165) is 21.9 Å². The van der Waals surface area contributed by atoms with Gasteiger partial charge in [0.25, 0.3) is 0 Å². The third-order valence-electron chi connectivity index (χ3n) is 3.23. The predicted molar refractivity (Wildman–Crippen MR) is 101 cm³/mol. The number of aryl methyl sites for hydroxylation is 1. The number of carbonyl (C=O) groups is 2. The van der Waals surface area contributed by atoms with Gasteiger partial charge in [-0.3, -0.25) is 9.59 Å². The first-order chi connectivity index (χ1) is 12.0. The van der Waals surface area contributed by atoms with Crippen LogP contribution in [0, 0.1) is 6.92 Å². The molecule has 6 heteroatoms. The van der Waals surface area contributed by atoms with Gasteiger partial charge in [-0.2, -0.15) is 0 Å². The number of nitrogens with one attached hydrogen (secondary N) is 2. The summed E-state index contributed by atoms with van der Waals surface area (Å²) in [4.78, 5) is 23.8. The van der Waals surface area contributed by atoms with Crippen molar-refractivity contribution in [1.82, 2.24) is 5.32 Å². The Morgan fingerprint density at radius 3 is 2.56 bits per heavy atom. The maximum atomic E-state index is 11.8. The molecule has 25 heavy (non-hydrogen) atoms. The Bertz CT molecular complexity index is 717. The van der Waals surface area contributed by atoms with Crippen LogP contribution in [-0.2, 0) is 9.59 Å². The second kappa shape index (κ2) is 9.74. The highest BCUT2D eigenvalue weighted by molar-refractivity contribution is 8.00. The van der Waals surface area contributed by atoms with Gasteiger partial charge in [-0.15, -0.1) is 11.8 Å². The Morgan fingerprint density at radius 2 is 1.88 bits per heavy atom. The van der Waals surface area contributed by atoms with Crippen LogP contribution in [0.25, 0.3) is 0 Å². The van der Waals surface area contributed by atoms with Crippen molar-refractivity contribution in [3.05, 3.63) is 54.1 Å². The number of rotatable bonds is 8. The Kier molecular flexibility index (Phi) is 7.35. The second-order valence-corrected chi connectivity index (χ2v) is 6.56. The Morgan fingerprint density at radius 1 is 1.12 bits per heavy atom. The van der Waals surface area contributed by atoms with Crippen LogP contribution in [0.3, 0.4) is 0 Å². The molecular weight excluding hydrogens is 336 g/mol. The number of hydrogen-bond donors (Lipinski definition) is 2. The Hall–Kier alpha value is -2.47. The van der Waals surface area contributed by atoms with Crippen LogP contribution in [0.2, 0.25) is 0 Å². The van der Waals surface area contributed by atoms with Gasteiger partial charge in [-0.05, 0) is 48.9 Å². The number of carbonyl (C=O) groups excluding carboxylic acids is 2. The van der Waals surface area contributed by atoms with E-state index < -0.39 is 0 Å². The lowest BCUT2D eigenvalue weighted by molar-refractivity contribution is -0.118. The maximum Gasteiger partial charge on any atom is 0.230 e. The molecule has 0 radical (unpaired) electrons. The van der Waals surface area contributed by atoms with Crippen molar-refractivity contribution in [3.63, 3.8) is 0 Å². The van der Waals surface area contributed by atoms with Crippen LogP contribution in [0.5, 0.6) is 5.75 Å². The highest BCUT2D eigenvalue weighted by atomic mass is 32.2. The van der Waals surface area contributed by atoms with Gasteiger partial charge in [0.1, 0.15) is 12.4 Å². The van der Waals surface area contributed by atoms with Gasteiger partial charge in [0.15, 0.2) is 0 Å². The van der Waals surface area contributed by atoms with Gasteiger partial charge >= 0.3 is 0 Å². The lowest BCUT2D eigenvalue weighted by Crippen LogP contribution is -2.29. The fourth-order valence-electron chi connectivity index (χ4n) is 2.10. The van der Waals surface area contributed by atoms with E-state index in [1.165, 1.54) is 18.7 Å². The van der Waals surface area contributed by atoms with Crippen molar-refractivity contribution < 1.29 is 14.3 Å². The molecule has 5 nitrogen and oxygen atoms in total. The summed E-state index contributed by atoms with van der Waals surface area (Å²) >= 11 is 1.45. The molecule has 2 amide bonds. The molecule has 0 atom stereocenters. The number of anilines is 1. The summed E-state index contributed by atoms with van der Waals surface area (Å²) in [5, 5.41) is 5.54. The Labute approximate surface area is 152 Å². The van der Waals surface area contributed by atoms with Crippen LogP contribution in [0.1, 0.15) is 12.5 Å². The summed E-state index contributed by atoms with van der Waals surface area (Å²) in [7, 11) is 0. The quantitative estimate of drug-likeness (QED) is 0.561. The summed E-state index contributed by atoms with van der Waals surface area (Å²) in [6, 6.07) is 15.2. The molecule has 2 N–H and O–H groups in total. The third kappa shape index (κ3) is 7.30. The monoisotopic (exact) mass is 358 g/mol. The molecule has 0 aliphatic carbocycles. The SMILES string of the molecule is CC(=O)Nc1ccc(SCC(=O)NCCOc2cccc(C)c2)cc1. The number of thioether (sulfide) groups is 1. The molecule has 0 aliphatic heterocycles. The lowest BCUT2D eigenvalue weighted by atomic mass is 10.2. The summed E-state index contributed by atoms with van der Waals surface area (Å²) in [5.41, 5.74) is 1.89. The molecular formula is C19H22N2O3S. The molecule has 0 heterocycles. The summed E-state index contributed by atoms with van der Waals surface area (Å²) < 4.78 is 5.59. The van der Waals surface area contributed by atoms with Gasteiger partial charge < -0.3 is 15.4 Å². The smallest absolute Gasteiger partial charge is 0.230 e. The number of ether oxygens (including phenoxy) is 1. The van der Waals surface area contributed by atoms with Crippen LogP contribution in [0.15, 0.2) is 53.4 Å². The third-order valence-corrected chi connectivity index (χ3v) is 4.24. The predicted octanol–water partition coefficient (Wildman–Crippen LogP) is 3.24. The molecule has 2 aromatic rings. The standard InChI is InChI=1S/C19H22N2O3S/c1-14-4-3-5-17(12-14)24-11-10-20-19(23)13-25-18-8-6-16(7-9-18)21-15(2)22/h3-9,12H,10-11,13H2,1-2H3,(H,20,23)(H,21,22). The zero-order chi connectivity index (χ0) is 18.1. The fourth-order valence-corrected chi connectivity index (χ4v) is 2.83. The first-order valence-electron chi connectivity index (χ1n) is 7.99. The zero-order valence-corrected chi connectivity index (χ0v) is 15.2. The van der Waals surface area contributed by atoms with Crippen molar-refractivity contribution in [1.29, 1.82) is 0 Å². The Balaban J connectivity index is 1.64. The van der Waals surface area contributed by atoms with Gasteiger partial charge in [0, 0.05) is 17.5 Å². The van der Waals surface area contributed by atoms with E-state index in [0.29, 0.717) is 18.9 Å². The molecule has 0 fully saturated rings. The molecule has 2 rings (SSSR count). The molecule has 132 valence electrons. The number of hydrogen-bond acceptors (Lipinski definition) is 4. The van der Waals surface area contributed by atoms with Crippen molar-refractivity contribution in [3.8, 4) is 5.75 Å². The summed E-state index contributed by atoms with van der Waals surface area (Å²) in [5.74, 6) is 1.00. The zero-order valence-electron chi connectivity index (χ0n) is 14.4. The minimum absolute atomic E-state index is 0.0382. The largest absolute Gasteiger partial charge is 0.492 e. The van der Waals surface area contributed by atoms with E-state index in [4.69, 9.17) is 4.74 Å². The van der Waals surface area contributed by atoms with Crippen molar-refractivity contribution in [2.75, 3.05) is 24.2 Å². The first-order valence-corrected chi connectivity index (χ1v) is 8.98. The molecule has 0 saturated carbocycles. The molecule has 0 unspecified atom stereocenters. The van der Waals surface area contributed by atoms with Crippen LogP contribution < -0.4 is 15.4 Å². The average molecular weight is 358 g/mol. The molecule has 2 aromatic carbocycles. The maximum absolute atomic E-state index is 11.8. The molecule has 0 aromatic heterocycles. The molecule has 0 aliphatic rings. The van der Waals surface area contributed by atoms with E-state index in [1.807, 2.05) is 55.5 Å². The minimum atomic E-state index is -0.104. The van der Waals surface area contributed by atoms with E-state index in [2.05, 4.69) is 10.6 Å². The average Bonchev–Trinajstić information content (AvgIpc) is 2.58. The number of benzene rings is 2. The first kappa shape index (κ1) is 18.9. The van der Waals surface area contributed by atoms with Crippen molar-refractivity contribution in [2.24, 2.45) is 0 Å². The molecule has 0 saturated heterocycles. The van der Waals surface area contributed by atoms with Crippen LogP contribution in [0.4, 0.5) is 5.69 Å². The van der Waals surface area contributed by atoms with Gasteiger partial charge in [0.05, 0.1) is 12.3 Å². The highest BCUT2D eigenvalue weighted by Gasteiger charge is 2.03. The minimum Gasteiger partial charge on any atom is -0.492 e. The molecule has 0 spiro atoms. The highest BCUT2D eigenvalue weighted by Crippen LogP contribution is 2.20. The van der Waals surface area contributed by atoms with Crippen molar-refractivity contribution >= 4 is 29.3 Å².